The molecular formula is C20H17ClN4OS. The van der Waals surface area contributed by atoms with Gasteiger partial charge >= 0.3 is 0 Å². The normalized spacial score (nSPS) is 16.1. The van der Waals surface area contributed by atoms with E-state index in [4.69, 9.17) is 11.6 Å². The fraction of sp³-hybridized carbons (Fsp3) is 0.250. The first kappa shape index (κ1) is 17.8. The van der Waals surface area contributed by atoms with Gasteiger partial charge < -0.3 is 4.90 Å². The first-order valence-corrected chi connectivity index (χ1v) is 9.92. The van der Waals surface area contributed by atoms with Crippen molar-refractivity contribution in [3.05, 3.63) is 64.3 Å². The van der Waals surface area contributed by atoms with Crippen molar-refractivity contribution in [1.29, 1.82) is 5.26 Å². The summed E-state index contributed by atoms with van der Waals surface area (Å²) in [6.07, 6.45) is 4.72. The van der Waals surface area contributed by atoms with Crippen LogP contribution in [0, 0.1) is 11.3 Å². The molecule has 7 heteroatoms. The monoisotopic (exact) mass is 396 g/mol. The van der Waals surface area contributed by atoms with Crippen LogP contribution in [-0.4, -0.2) is 34.1 Å². The zero-order valence-corrected chi connectivity index (χ0v) is 16.1. The number of benzene rings is 1. The van der Waals surface area contributed by atoms with E-state index in [2.05, 4.69) is 16.3 Å². The number of aromatic nitrogens is 2. The molecule has 3 aromatic rings. The van der Waals surface area contributed by atoms with E-state index >= 15 is 0 Å². The molecule has 1 aliphatic heterocycles. The van der Waals surface area contributed by atoms with Gasteiger partial charge in [-0.25, -0.2) is 0 Å². The Labute approximate surface area is 166 Å². The molecule has 0 saturated carbocycles. The van der Waals surface area contributed by atoms with Crippen LogP contribution in [0.1, 0.15) is 28.8 Å². The van der Waals surface area contributed by atoms with Crippen LogP contribution in [0.3, 0.4) is 0 Å². The highest BCUT2D eigenvalue weighted by atomic mass is 35.5. The number of nitrogens with one attached hydrogen (secondary N) is 1. The molecule has 1 N–H and O–H groups in total. The average Bonchev–Trinajstić information content (AvgIpc) is 3.39. The summed E-state index contributed by atoms with van der Waals surface area (Å²) in [5.74, 6) is 0.00620. The molecule has 1 amide bonds. The highest BCUT2D eigenvalue weighted by Crippen LogP contribution is 2.39. The minimum Gasteiger partial charge on any atom is -0.338 e. The van der Waals surface area contributed by atoms with Gasteiger partial charge in [0.2, 0.25) is 0 Å². The first-order chi connectivity index (χ1) is 13.1. The summed E-state index contributed by atoms with van der Waals surface area (Å²) in [7, 11) is 0. The van der Waals surface area contributed by atoms with Crippen LogP contribution < -0.4 is 0 Å². The maximum atomic E-state index is 12.9. The zero-order valence-electron chi connectivity index (χ0n) is 14.5. The number of halogens is 1. The van der Waals surface area contributed by atoms with Gasteiger partial charge in [0.1, 0.15) is 0 Å². The highest BCUT2D eigenvalue weighted by molar-refractivity contribution is 7.13. The lowest BCUT2D eigenvalue weighted by atomic mass is 9.74. The number of nitriles is 1. The van der Waals surface area contributed by atoms with E-state index in [1.807, 2.05) is 46.8 Å². The molecule has 1 saturated heterocycles. The molecule has 3 heterocycles. The van der Waals surface area contributed by atoms with E-state index in [1.165, 1.54) is 11.3 Å². The number of hydrogen-bond donors (Lipinski definition) is 1. The maximum absolute atomic E-state index is 12.9. The van der Waals surface area contributed by atoms with E-state index < -0.39 is 5.41 Å². The second kappa shape index (κ2) is 7.18. The van der Waals surface area contributed by atoms with Crippen molar-refractivity contribution in [1.82, 2.24) is 15.1 Å². The van der Waals surface area contributed by atoms with Gasteiger partial charge in [-0.2, -0.15) is 10.4 Å². The maximum Gasteiger partial charge on any atom is 0.254 e. The number of piperidine rings is 1. The predicted octanol–water partition coefficient (Wildman–Crippen LogP) is 4.49. The molecule has 27 heavy (non-hydrogen) atoms. The Morgan fingerprint density at radius 1 is 1.33 bits per heavy atom. The number of rotatable bonds is 3. The van der Waals surface area contributed by atoms with Crippen molar-refractivity contribution in [2.75, 3.05) is 13.1 Å². The molecule has 5 nitrogen and oxygen atoms in total. The van der Waals surface area contributed by atoms with Crippen LogP contribution in [-0.2, 0) is 5.41 Å². The zero-order chi connectivity index (χ0) is 18.9. The molecule has 0 radical (unpaired) electrons. The summed E-state index contributed by atoms with van der Waals surface area (Å²) < 4.78 is 0. The van der Waals surface area contributed by atoms with Crippen LogP contribution in [0.4, 0.5) is 0 Å². The Morgan fingerprint density at radius 2 is 2.11 bits per heavy atom. The van der Waals surface area contributed by atoms with E-state index in [-0.39, 0.29) is 5.91 Å². The highest BCUT2D eigenvalue weighted by Gasteiger charge is 2.39. The van der Waals surface area contributed by atoms with E-state index in [0.717, 1.165) is 16.0 Å². The molecule has 0 unspecified atom stereocenters. The molecule has 0 atom stereocenters. The standard InChI is InChI=1S/C20H17ClN4OS/c21-17-4-2-1-3-16(17)20(13-22)5-7-25(8-6-20)19(26)14-9-18(27-12-14)15-10-23-24-11-15/h1-4,9-12H,5-8H2,(H,23,24). The topological polar surface area (TPSA) is 72.8 Å². The Morgan fingerprint density at radius 3 is 2.78 bits per heavy atom. The summed E-state index contributed by atoms with van der Waals surface area (Å²) in [5.41, 5.74) is 1.88. The smallest absolute Gasteiger partial charge is 0.254 e. The van der Waals surface area contributed by atoms with Crippen LogP contribution in [0.2, 0.25) is 5.02 Å². The van der Waals surface area contributed by atoms with Gasteiger partial charge in [0.25, 0.3) is 5.91 Å². The number of carbonyl (C=O) groups excluding carboxylic acids is 1. The Hall–Kier alpha value is -2.62. The number of carbonyl (C=O) groups is 1. The molecule has 4 rings (SSSR count). The van der Waals surface area contributed by atoms with Crippen molar-refractivity contribution in [2.45, 2.75) is 18.3 Å². The number of likely N-dealkylation sites (tertiary alicyclic amines) is 1. The number of nitrogens with zero attached hydrogens (tertiary/aromatic N) is 3. The van der Waals surface area contributed by atoms with E-state index in [9.17, 15) is 10.1 Å². The molecular weight excluding hydrogens is 380 g/mol. The van der Waals surface area contributed by atoms with Gasteiger partial charge in [0.15, 0.2) is 0 Å². The summed E-state index contributed by atoms with van der Waals surface area (Å²) in [5, 5.41) is 19.1. The third-order valence-electron chi connectivity index (χ3n) is 5.14. The SMILES string of the molecule is N#CC1(c2ccccc2Cl)CCN(C(=O)c2csc(-c3cn[nH]c3)c2)CC1. The van der Waals surface area contributed by atoms with Gasteiger partial charge in [-0.3, -0.25) is 9.89 Å². The van der Waals surface area contributed by atoms with Crippen LogP contribution in [0.5, 0.6) is 0 Å². The van der Waals surface area contributed by atoms with E-state index in [1.54, 1.807) is 6.20 Å². The van der Waals surface area contributed by atoms with Crippen molar-refractivity contribution < 1.29 is 4.79 Å². The van der Waals surface area contributed by atoms with Crippen LogP contribution in [0.15, 0.2) is 48.1 Å². The lowest BCUT2D eigenvalue weighted by Crippen LogP contribution is -2.44. The predicted molar refractivity (Wildman–Crippen MR) is 106 cm³/mol. The Balaban J connectivity index is 1.50. The molecule has 1 fully saturated rings. The van der Waals surface area contributed by atoms with Gasteiger partial charge in [0, 0.05) is 40.1 Å². The fourth-order valence-electron chi connectivity index (χ4n) is 3.55. The second-order valence-corrected chi connectivity index (χ2v) is 7.97. The summed E-state index contributed by atoms with van der Waals surface area (Å²) in [4.78, 5) is 15.7. The largest absolute Gasteiger partial charge is 0.338 e. The number of hydrogen-bond acceptors (Lipinski definition) is 4. The number of amides is 1. The summed E-state index contributed by atoms with van der Waals surface area (Å²) in [6.45, 7) is 1.07. The third kappa shape index (κ3) is 3.25. The van der Waals surface area contributed by atoms with Gasteiger partial charge in [-0.1, -0.05) is 29.8 Å². The minimum atomic E-state index is -0.633. The second-order valence-electron chi connectivity index (χ2n) is 6.65. The molecule has 0 spiro atoms. The summed E-state index contributed by atoms with van der Waals surface area (Å²) in [6, 6.07) is 11.9. The van der Waals surface area contributed by atoms with Crippen LogP contribution >= 0.6 is 22.9 Å². The minimum absolute atomic E-state index is 0.00620. The number of H-pyrrole nitrogens is 1. The van der Waals surface area contributed by atoms with Crippen molar-refractivity contribution >= 4 is 28.8 Å². The fourth-order valence-corrected chi connectivity index (χ4v) is 4.73. The third-order valence-corrected chi connectivity index (χ3v) is 6.45. The Bertz CT molecular complexity index is 997. The first-order valence-electron chi connectivity index (χ1n) is 8.66. The van der Waals surface area contributed by atoms with Crippen molar-refractivity contribution in [3.63, 3.8) is 0 Å². The lowest BCUT2D eigenvalue weighted by Gasteiger charge is -2.38. The average molecular weight is 397 g/mol. The molecule has 0 aliphatic carbocycles. The number of thiophene rings is 1. The molecule has 2 aromatic heterocycles. The van der Waals surface area contributed by atoms with E-state index in [0.29, 0.717) is 36.5 Å². The van der Waals surface area contributed by atoms with Crippen molar-refractivity contribution in [2.24, 2.45) is 0 Å². The molecule has 0 bridgehead atoms. The number of aromatic amines is 1. The quantitative estimate of drug-likeness (QED) is 0.708. The summed E-state index contributed by atoms with van der Waals surface area (Å²) >= 11 is 7.86. The van der Waals surface area contributed by atoms with Crippen LogP contribution in [0.25, 0.3) is 10.4 Å². The lowest BCUT2D eigenvalue weighted by molar-refractivity contribution is 0.0692. The van der Waals surface area contributed by atoms with Gasteiger partial charge in [-0.05, 0) is 30.5 Å². The van der Waals surface area contributed by atoms with Gasteiger partial charge in [-0.15, -0.1) is 11.3 Å². The molecule has 136 valence electrons. The Kier molecular flexibility index (Phi) is 4.73. The van der Waals surface area contributed by atoms with Gasteiger partial charge in [0.05, 0.1) is 23.2 Å². The van der Waals surface area contributed by atoms with Crippen molar-refractivity contribution in [3.8, 4) is 16.5 Å². The molecule has 1 aliphatic rings. The molecule has 1 aromatic carbocycles.